The fourth-order valence-corrected chi connectivity index (χ4v) is 4.24. The molecule has 3 rings (SSSR count). The third-order valence-corrected chi connectivity index (χ3v) is 6.09. The number of hydrogen-bond donors (Lipinski definition) is 1. The first-order chi connectivity index (χ1) is 13.3. The molecule has 152 valence electrons. The Kier molecular flexibility index (Phi) is 6.97. The summed E-state index contributed by atoms with van der Waals surface area (Å²) in [5.74, 6) is 0.438. The lowest BCUT2D eigenvalue weighted by molar-refractivity contribution is -0.131. The van der Waals surface area contributed by atoms with Crippen molar-refractivity contribution in [1.29, 1.82) is 0 Å². The lowest BCUT2D eigenvalue weighted by Crippen LogP contribution is -2.49. The number of hydrogen-bond acceptors (Lipinski definition) is 7. The van der Waals surface area contributed by atoms with Gasteiger partial charge in [0, 0.05) is 29.7 Å². The number of nitrogens with one attached hydrogen (secondary N) is 1. The van der Waals surface area contributed by atoms with Gasteiger partial charge in [0.15, 0.2) is 0 Å². The van der Waals surface area contributed by atoms with E-state index in [1.54, 1.807) is 29.2 Å². The quantitative estimate of drug-likeness (QED) is 0.653. The molecular weight excluding hydrogens is 424 g/mol. The van der Waals surface area contributed by atoms with Gasteiger partial charge in [0.1, 0.15) is 0 Å². The van der Waals surface area contributed by atoms with Crippen LogP contribution < -0.4 is 4.72 Å². The van der Waals surface area contributed by atoms with E-state index >= 15 is 0 Å². The maximum absolute atomic E-state index is 12.6. The van der Waals surface area contributed by atoms with Gasteiger partial charge < -0.3 is 9.32 Å². The molecule has 1 aliphatic rings. The average Bonchev–Trinajstić information content (AvgIpc) is 3.14. The van der Waals surface area contributed by atoms with Crippen LogP contribution in [0.1, 0.15) is 19.3 Å². The number of carbonyl (C=O) groups is 1. The number of halogens is 1. The molecule has 1 atom stereocenters. The topological polar surface area (TPSA) is 105 Å². The molecule has 1 amide bonds. The van der Waals surface area contributed by atoms with Crippen LogP contribution in [0.15, 0.2) is 33.9 Å². The standard InChI is InChI=1S/C17H21ClN4O4S2/c1-28(24,25)19-10-14-4-2-3-9-22(14)15(23)11-27-17-21-20-16(26-17)12-5-7-13(18)8-6-12/h5-8,14,19H,2-4,9-11H2,1H3. The largest absolute Gasteiger partial charge is 0.411 e. The number of nitrogens with zero attached hydrogens (tertiary/aromatic N) is 3. The highest BCUT2D eigenvalue weighted by Crippen LogP contribution is 2.25. The van der Waals surface area contributed by atoms with E-state index in [0.29, 0.717) is 22.7 Å². The van der Waals surface area contributed by atoms with Gasteiger partial charge in [0.2, 0.25) is 21.8 Å². The van der Waals surface area contributed by atoms with Crippen LogP contribution in [0.2, 0.25) is 5.02 Å². The van der Waals surface area contributed by atoms with Gasteiger partial charge in [0.25, 0.3) is 5.22 Å². The fourth-order valence-electron chi connectivity index (χ4n) is 2.97. The highest BCUT2D eigenvalue weighted by molar-refractivity contribution is 7.99. The van der Waals surface area contributed by atoms with Gasteiger partial charge in [-0.2, -0.15) is 0 Å². The summed E-state index contributed by atoms with van der Waals surface area (Å²) < 4.78 is 30.8. The Labute approximate surface area is 173 Å². The average molecular weight is 445 g/mol. The summed E-state index contributed by atoms with van der Waals surface area (Å²) in [6.45, 7) is 0.853. The molecular formula is C17H21ClN4O4S2. The second kappa shape index (κ2) is 9.25. The molecule has 28 heavy (non-hydrogen) atoms. The third-order valence-electron chi connectivity index (χ3n) is 4.35. The summed E-state index contributed by atoms with van der Waals surface area (Å²) in [5.41, 5.74) is 0.748. The Bertz CT molecular complexity index is 917. The normalized spacial score (nSPS) is 17.6. The highest BCUT2D eigenvalue weighted by atomic mass is 35.5. The molecule has 0 saturated carbocycles. The van der Waals surface area contributed by atoms with Gasteiger partial charge in [-0.1, -0.05) is 23.4 Å². The number of amides is 1. The van der Waals surface area contributed by atoms with Crippen LogP contribution in [0.5, 0.6) is 0 Å². The van der Waals surface area contributed by atoms with E-state index in [2.05, 4.69) is 14.9 Å². The van der Waals surface area contributed by atoms with E-state index in [1.165, 1.54) is 11.8 Å². The van der Waals surface area contributed by atoms with E-state index in [-0.39, 0.29) is 24.2 Å². The zero-order chi connectivity index (χ0) is 20.1. The van der Waals surface area contributed by atoms with Crippen molar-refractivity contribution >= 4 is 39.3 Å². The minimum atomic E-state index is -3.29. The number of piperidine rings is 1. The van der Waals surface area contributed by atoms with E-state index in [1.807, 2.05) is 0 Å². The summed E-state index contributed by atoms with van der Waals surface area (Å²) >= 11 is 7.04. The summed E-state index contributed by atoms with van der Waals surface area (Å²) in [5, 5.41) is 8.89. The summed E-state index contributed by atoms with van der Waals surface area (Å²) in [6.07, 6.45) is 3.78. The Hall–Kier alpha value is -1.62. The lowest BCUT2D eigenvalue weighted by atomic mass is 10.0. The summed E-state index contributed by atoms with van der Waals surface area (Å²) in [4.78, 5) is 14.4. The number of thioether (sulfide) groups is 1. The maximum Gasteiger partial charge on any atom is 0.277 e. The summed E-state index contributed by atoms with van der Waals surface area (Å²) in [7, 11) is -3.29. The molecule has 1 N–H and O–H groups in total. The number of aromatic nitrogens is 2. The van der Waals surface area contributed by atoms with Crippen LogP contribution >= 0.6 is 23.4 Å². The highest BCUT2D eigenvalue weighted by Gasteiger charge is 2.27. The van der Waals surface area contributed by atoms with Crippen LogP contribution in [-0.2, 0) is 14.8 Å². The van der Waals surface area contributed by atoms with Gasteiger partial charge in [-0.25, -0.2) is 13.1 Å². The lowest BCUT2D eigenvalue weighted by Gasteiger charge is -2.35. The van der Waals surface area contributed by atoms with Crippen molar-refractivity contribution in [2.24, 2.45) is 0 Å². The zero-order valence-electron chi connectivity index (χ0n) is 15.3. The van der Waals surface area contributed by atoms with Crippen LogP contribution in [0.4, 0.5) is 0 Å². The molecule has 1 saturated heterocycles. The molecule has 0 bridgehead atoms. The molecule has 0 aliphatic carbocycles. The van der Waals surface area contributed by atoms with Crippen molar-refractivity contribution in [2.75, 3.05) is 25.1 Å². The van der Waals surface area contributed by atoms with E-state index in [9.17, 15) is 13.2 Å². The van der Waals surface area contributed by atoms with Gasteiger partial charge in [-0.15, -0.1) is 10.2 Å². The molecule has 1 fully saturated rings. The molecule has 8 nitrogen and oxygen atoms in total. The second-order valence-corrected chi connectivity index (χ2v) is 9.72. The first kappa shape index (κ1) is 21.1. The first-order valence-corrected chi connectivity index (χ1v) is 12.0. The molecule has 2 aromatic rings. The van der Waals surface area contributed by atoms with E-state index in [4.69, 9.17) is 16.0 Å². The smallest absolute Gasteiger partial charge is 0.277 e. The monoisotopic (exact) mass is 444 g/mol. The Morgan fingerprint density at radius 2 is 2.07 bits per heavy atom. The maximum atomic E-state index is 12.6. The van der Waals surface area contributed by atoms with Gasteiger partial charge in [-0.3, -0.25) is 4.79 Å². The van der Waals surface area contributed by atoms with Crippen LogP contribution in [0.25, 0.3) is 11.5 Å². The molecule has 0 spiro atoms. The van der Waals surface area contributed by atoms with Gasteiger partial charge >= 0.3 is 0 Å². The van der Waals surface area contributed by atoms with Crippen molar-refractivity contribution in [3.05, 3.63) is 29.3 Å². The number of sulfonamides is 1. The number of rotatable bonds is 7. The third kappa shape index (κ3) is 5.94. The Morgan fingerprint density at radius 1 is 1.32 bits per heavy atom. The van der Waals surface area contributed by atoms with Crippen LogP contribution in [0, 0.1) is 0 Å². The van der Waals surface area contributed by atoms with Crippen LogP contribution in [0.3, 0.4) is 0 Å². The number of likely N-dealkylation sites (tertiary alicyclic amines) is 1. The minimum absolute atomic E-state index is 0.0729. The van der Waals surface area contributed by atoms with Gasteiger partial charge in [-0.05, 0) is 43.5 Å². The van der Waals surface area contributed by atoms with Crippen molar-refractivity contribution in [1.82, 2.24) is 19.8 Å². The van der Waals surface area contributed by atoms with Crippen molar-refractivity contribution in [3.63, 3.8) is 0 Å². The second-order valence-electron chi connectivity index (χ2n) is 6.53. The first-order valence-electron chi connectivity index (χ1n) is 8.78. The van der Waals surface area contributed by atoms with Crippen molar-refractivity contribution < 1.29 is 17.6 Å². The Balaban J connectivity index is 1.57. The number of benzene rings is 1. The minimum Gasteiger partial charge on any atom is -0.411 e. The molecule has 1 aliphatic heterocycles. The predicted molar refractivity (Wildman–Crippen MR) is 108 cm³/mol. The van der Waals surface area contributed by atoms with E-state index < -0.39 is 10.0 Å². The molecule has 0 radical (unpaired) electrons. The molecule has 1 unspecified atom stereocenters. The molecule has 1 aromatic heterocycles. The SMILES string of the molecule is CS(=O)(=O)NCC1CCCCN1C(=O)CSc1nnc(-c2ccc(Cl)cc2)o1. The number of carbonyl (C=O) groups excluding carboxylic acids is 1. The zero-order valence-corrected chi connectivity index (χ0v) is 17.7. The van der Waals surface area contributed by atoms with Crippen molar-refractivity contribution in [3.8, 4) is 11.5 Å². The molecule has 11 heteroatoms. The van der Waals surface area contributed by atoms with E-state index in [0.717, 1.165) is 31.1 Å². The predicted octanol–water partition coefficient (Wildman–Crippen LogP) is 2.41. The fraction of sp³-hybridized carbons (Fsp3) is 0.471. The van der Waals surface area contributed by atoms with Crippen LogP contribution in [-0.4, -0.2) is 60.6 Å². The van der Waals surface area contributed by atoms with Crippen molar-refractivity contribution in [2.45, 2.75) is 30.5 Å². The summed E-state index contributed by atoms with van der Waals surface area (Å²) in [6, 6.07) is 6.89. The molecule has 1 aromatic carbocycles. The Morgan fingerprint density at radius 3 is 2.79 bits per heavy atom. The van der Waals surface area contributed by atoms with Gasteiger partial charge in [0.05, 0.1) is 12.0 Å². The molecule has 2 heterocycles.